The van der Waals surface area contributed by atoms with Crippen molar-refractivity contribution < 1.29 is 9.53 Å². The summed E-state index contributed by atoms with van der Waals surface area (Å²) in [6.45, 7) is 7.22. The van der Waals surface area contributed by atoms with Crippen molar-refractivity contribution in [3.63, 3.8) is 0 Å². The quantitative estimate of drug-likeness (QED) is 0.545. The van der Waals surface area contributed by atoms with Gasteiger partial charge < -0.3 is 15.4 Å². The number of carbonyl (C=O) groups excluding carboxylic acids is 1. The van der Waals surface area contributed by atoms with Gasteiger partial charge in [0.2, 0.25) is 5.91 Å². The Morgan fingerprint density at radius 2 is 1.67 bits per heavy atom. The minimum absolute atomic E-state index is 0.0148. The smallest absolute Gasteiger partial charge is 0.227 e. The number of hydrogen-bond acceptors (Lipinski definition) is 3. The Morgan fingerprint density at radius 1 is 1.00 bits per heavy atom. The van der Waals surface area contributed by atoms with E-state index in [9.17, 15) is 4.79 Å². The molecule has 1 aliphatic heterocycles. The summed E-state index contributed by atoms with van der Waals surface area (Å²) in [6.07, 6.45) is 10.4. The lowest BCUT2D eigenvalue weighted by Crippen LogP contribution is -2.44. The Labute approximate surface area is 130 Å². The molecule has 4 heteroatoms. The van der Waals surface area contributed by atoms with E-state index in [0.717, 1.165) is 19.5 Å². The van der Waals surface area contributed by atoms with E-state index in [-0.39, 0.29) is 17.9 Å². The highest BCUT2D eigenvalue weighted by Gasteiger charge is 2.32. The topological polar surface area (TPSA) is 50.4 Å². The van der Waals surface area contributed by atoms with Gasteiger partial charge in [-0.15, -0.1) is 0 Å². The zero-order valence-electron chi connectivity index (χ0n) is 14.0. The van der Waals surface area contributed by atoms with E-state index in [1.54, 1.807) is 0 Å². The molecule has 0 bridgehead atoms. The number of ether oxygens (including phenoxy) is 1. The predicted octanol–water partition coefficient (Wildman–Crippen LogP) is 2.87. The highest BCUT2D eigenvalue weighted by atomic mass is 16.5. The van der Waals surface area contributed by atoms with E-state index in [1.165, 1.54) is 44.9 Å². The van der Waals surface area contributed by atoms with Gasteiger partial charge in [-0.25, -0.2) is 0 Å². The zero-order chi connectivity index (χ0) is 15.3. The molecule has 1 amide bonds. The summed E-state index contributed by atoms with van der Waals surface area (Å²) >= 11 is 0. The monoisotopic (exact) mass is 298 g/mol. The molecule has 1 rings (SSSR count). The molecule has 1 saturated heterocycles. The largest absolute Gasteiger partial charge is 0.379 e. The number of hydrogen-bond donors (Lipinski definition) is 2. The molecule has 0 saturated carbocycles. The Balaban J connectivity index is 1.98. The first kappa shape index (κ1) is 18.4. The molecule has 0 aliphatic carbocycles. The molecule has 0 aromatic heterocycles. The van der Waals surface area contributed by atoms with Crippen molar-refractivity contribution in [3.05, 3.63) is 0 Å². The fourth-order valence-corrected chi connectivity index (χ4v) is 2.88. The molecule has 0 radical (unpaired) electrons. The lowest BCUT2D eigenvalue weighted by Gasteiger charge is -2.17. The molecular formula is C17H34N2O2. The van der Waals surface area contributed by atoms with Gasteiger partial charge in [0.05, 0.1) is 19.1 Å². The third-order valence-electron chi connectivity index (χ3n) is 4.21. The van der Waals surface area contributed by atoms with E-state index in [2.05, 4.69) is 24.5 Å². The van der Waals surface area contributed by atoms with Crippen molar-refractivity contribution in [3.8, 4) is 0 Å². The van der Waals surface area contributed by atoms with E-state index in [4.69, 9.17) is 4.74 Å². The van der Waals surface area contributed by atoms with Gasteiger partial charge in [-0.2, -0.15) is 0 Å². The lowest BCUT2D eigenvalue weighted by molar-refractivity contribution is -0.125. The van der Waals surface area contributed by atoms with E-state index >= 15 is 0 Å². The summed E-state index contributed by atoms with van der Waals surface area (Å²) < 4.78 is 5.41. The minimum atomic E-state index is -0.0148. The molecule has 1 fully saturated rings. The third kappa shape index (κ3) is 7.82. The van der Waals surface area contributed by atoms with Crippen molar-refractivity contribution in [2.75, 3.05) is 26.3 Å². The van der Waals surface area contributed by atoms with Crippen LogP contribution < -0.4 is 10.6 Å². The van der Waals surface area contributed by atoms with Crippen LogP contribution in [0.3, 0.4) is 0 Å². The van der Waals surface area contributed by atoms with Gasteiger partial charge in [0.1, 0.15) is 0 Å². The van der Waals surface area contributed by atoms with Crippen molar-refractivity contribution in [1.29, 1.82) is 0 Å². The molecule has 2 N–H and O–H groups in total. The van der Waals surface area contributed by atoms with Gasteiger partial charge in [0.25, 0.3) is 0 Å². The van der Waals surface area contributed by atoms with Crippen LogP contribution in [0.4, 0.5) is 0 Å². The summed E-state index contributed by atoms with van der Waals surface area (Å²) in [5.74, 6) is 0.139. The second kappa shape index (κ2) is 12.0. The van der Waals surface area contributed by atoms with Crippen molar-refractivity contribution in [2.45, 2.75) is 71.3 Å². The van der Waals surface area contributed by atoms with Crippen LogP contribution in [0, 0.1) is 5.92 Å². The van der Waals surface area contributed by atoms with Gasteiger partial charge in [0, 0.05) is 12.6 Å². The minimum Gasteiger partial charge on any atom is -0.379 e. The van der Waals surface area contributed by atoms with Crippen molar-refractivity contribution in [2.24, 2.45) is 5.92 Å². The Morgan fingerprint density at radius 3 is 2.33 bits per heavy atom. The van der Waals surface area contributed by atoms with Crippen LogP contribution in [0.5, 0.6) is 0 Å². The SMILES string of the molecule is CCCCCCCCCCNC(=O)C1COCC1NCC. The lowest BCUT2D eigenvalue weighted by atomic mass is 10.0. The van der Waals surface area contributed by atoms with Crippen molar-refractivity contribution >= 4 is 5.91 Å². The first-order chi connectivity index (χ1) is 10.3. The Kier molecular flexibility index (Phi) is 10.5. The molecule has 1 aliphatic rings. The summed E-state index contributed by atoms with van der Waals surface area (Å²) in [7, 11) is 0. The average molecular weight is 298 g/mol. The van der Waals surface area contributed by atoms with Crippen LogP contribution in [0.15, 0.2) is 0 Å². The molecule has 0 aromatic carbocycles. The van der Waals surface area contributed by atoms with Crippen LogP contribution in [0.25, 0.3) is 0 Å². The number of unbranched alkanes of at least 4 members (excludes halogenated alkanes) is 7. The number of nitrogens with one attached hydrogen (secondary N) is 2. The maximum Gasteiger partial charge on any atom is 0.227 e. The normalized spacial score (nSPS) is 21.6. The van der Waals surface area contributed by atoms with Crippen LogP contribution in [-0.4, -0.2) is 38.3 Å². The first-order valence-corrected chi connectivity index (χ1v) is 8.88. The summed E-state index contributed by atoms with van der Waals surface area (Å²) in [4.78, 5) is 12.1. The highest BCUT2D eigenvalue weighted by molar-refractivity contribution is 5.79. The number of carbonyl (C=O) groups is 1. The number of likely N-dealkylation sites (N-methyl/N-ethyl adjacent to an activating group) is 1. The van der Waals surface area contributed by atoms with Gasteiger partial charge in [-0.1, -0.05) is 58.8 Å². The van der Waals surface area contributed by atoms with E-state index in [1.807, 2.05) is 0 Å². The highest BCUT2D eigenvalue weighted by Crippen LogP contribution is 2.14. The maximum atomic E-state index is 12.1. The molecule has 2 unspecified atom stereocenters. The summed E-state index contributed by atoms with van der Waals surface area (Å²) in [6, 6.07) is 0.188. The van der Waals surface area contributed by atoms with Gasteiger partial charge in [0.15, 0.2) is 0 Å². The average Bonchev–Trinajstić information content (AvgIpc) is 2.94. The number of amides is 1. The number of rotatable bonds is 12. The van der Waals surface area contributed by atoms with Crippen LogP contribution in [0.1, 0.15) is 65.2 Å². The Bertz CT molecular complexity index is 272. The van der Waals surface area contributed by atoms with Crippen molar-refractivity contribution in [1.82, 2.24) is 10.6 Å². The van der Waals surface area contributed by atoms with E-state index < -0.39 is 0 Å². The van der Waals surface area contributed by atoms with Crippen LogP contribution in [0.2, 0.25) is 0 Å². The fourth-order valence-electron chi connectivity index (χ4n) is 2.88. The molecule has 0 aromatic rings. The molecule has 124 valence electrons. The molecule has 2 atom stereocenters. The third-order valence-corrected chi connectivity index (χ3v) is 4.21. The van der Waals surface area contributed by atoms with Gasteiger partial charge >= 0.3 is 0 Å². The molecule has 4 nitrogen and oxygen atoms in total. The second-order valence-electron chi connectivity index (χ2n) is 6.07. The predicted molar refractivity (Wildman–Crippen MR) is 87.4 cm³/mol. The molecular weight excluding hydrogens is 264 g/mol. The summed E-state index contributed by atoms with van der Waals surface area (Å²) in [5.41, 5.74) is 0. The molecule has 21 heavy (non-hydrogen) atoms. The standard InChI is InChI=1S/C17H34N2O2/c1-3-5-6-7-8-9-10-11-12-19-17(20)15-13-21-14-16(15)18-4-2/h15-16,18H,3-14H2,1-2H3,(H,19,20). The fraction of sp³-hybridized carbons (Fsp3) is 0.941. The molecule has 1 heterocycles. The van der Waals surface area contributed by atoms with Crippen LogP contribution >= 0.6 is 0 Å². The molecule has 0 spiro atoms. The first-order valence-electron chi connectivity index (χ1n) is 8.88. The van der Waals surface area contributed by atoms with Gasteiger partial charge in [-0.05, 0) is 13.0 Å². The summed E-state index contributed by atoms with van der Waals surface area (Å²) in [5, 5.41) is 6.39. The maximum absolute atomic E-state index is 12.1. The second-order valence-corrected chi connectivity index (χ2v) is 6.07. The zero-order valence-corrected chi connectivity index (χ0v) is 14.0. The van der Waals surface area contributed by atoms with E-state index in [0.29, 0.717) is 13.2 Å². The Hall–Kier alpha value is -0.610. The van der Waals surface area contributed by atoms with Gasteiger partial charge in [-0.3, -0.25) is 4.79 Å². The van der Waals surface area contributed by atoms with Crippen LogP contribution in [-0.2, 0) is 9.53 Å².